The van der Waals surface area contributed by atoms with E-state index in [0.29, 0.717) is 18.9 Å². The van der Waals surface area contributed by atoms with Crippen LogP contribution in [0.3, 0.4) is 0 Å². The number of carboxylic acids is 1. The third-order valence-corrected chi connectivity index (χ3v) is 3.47. The van der Waals surface area contributed by atoms with E-state index in [0.717, 1.165) is 6.42 Å². The summed E-state index contributed by atoms with van der Waals surface area (Å²) in [6.45, 7) is 6.40. The minimum Gasteiger partial charge on any atom is -0.480 e. The van der Waals surface area contributed by atoms with Gasteiger partial charge in [-0.3, -0.25) is 0 Å². The number of aliphatic carboxylic acids is 1. The molecule has 98 valence electrons. The average molecular weight is 242 g/mol. The molecule has 1 heterocycles. The van der Waals surface area contributed by atoms with Crippen molar-refractivity contribution in [3.63, 3.8) is 0 Å². The van der Waals surface area contributed by atoms with Crippen LogP contribution in [0.2, 0.25) is 0 Å². The van der Waals surface area contributed by atoms with E-state index in [4.69, 9.17) is 0 Å². The Morgan fingerprint density at radius 2 is 2.00 bits per heavy atom. The van der Waals surface area contributed by atoms with Crippen molar-refractivity contribution in [1.82, 2.24) is 9.80 Å². The first kappa shape index (κ1) is 13.8. The molecule has 1 aliphatic heterocycles. The van der Waals surface area contributed by atoms with Gasteiger partial charge in [-0.25, -0.2) is 9.59 Å². The molecule has 2 atom stereocenters. The molecule has 2 amide bonds. The molecule has 0 radical (unpaired) electrons. The second-order valence-electron chi connectivity index (χ2n) is 5.16. The normalized spacial score (nSPS) is 24.9. The minimum absolute atomic E-state index is 0.0799. The highest BCUT2D eigenvalue weighted by Crippen LogP contribution is 2.23. The third-order valence-electron chi connectivity index (χ3n) is 3.47. The highest BCUT2D eigenvalue weighted by atomic mass is 16.4. The lowest BCUT2D eigenvalue weighted by atomic mass is 9.92. The fourth-order valence-corrected chi connectivity index (χ4v) is 2.03. The number of hydrogen-bond acceptors (Lipinski definition) is 2. The van der Waals surface area contributed by atoms with Gasteiger partial charge in [-0.15, -0.1) is 0 Å². The van der Waals surface area contributed by atoms with Crippen molar-refractivity contribution in [2.24, 2.45) is 5.92 Å². The van der Waals surface area contributed by atoms with Crippen LogP contribution in [0, 0.1) is 5.92 Å². The molecule has 5 nitrogen and oxygen atoms in total. The summed E-state index contributed by atoms with van der Waals surface area (Å²) in [4.78, 5) is 26.4. The number of likely N-dealkylation sites (tertiary alicyclic amines) is 1. The number of carboxylic acid groups (broad SMARTS) is 1. The van der Waals surface area contributed by atoms with Crippen molar-refractivity contribution in [3.8, 4) is 0 Å². The number of piperidine rings is 1. The maximum Gasteiger partial charge on any atom is 0.326 e. The molecule has 2 unspecified atom stereocenters. The lowest BCUT2D eigenvalue weighted by Gasteiger charge is -2.39. The zero-order valence-electron chi connectivity index (χ0n) is 11.0. The first-order valence-corrected chi connectivity index (χ1v) is 6.10. The number of amides is 2. The Labute approximate surface area is 102 Å². The SMILES string of the molecule is CC1CCN(C(=O)N(C)C(C)C)C(C(=O)O)C1. The van der Waals surface area contributed by atoms with Crippen LogP contribution in [0.25, 0.3) is 0 Å². The molecule has 1 saturated heterocycles. The van der Waals surface area contributed by atoms with Gasteiger partial charge in [0.05, 0.1) is 0 Å². The van der Waals surface area contributed by atoms with Crippen molar-refractivity contribution in [2.45, 2.75) is 45.7 Å². The summed E-state index contributed by atoms with van der Waals surface area (Å²) in [6.07, 6.45) is 1.43. The number of carbonyl (C=O) groups is 2. The van der Waals surface area contributed by atoms with E-state index in [9.17, 15) is 14.7 Å². The topological polar surface area (TPSA) is 60.9 Å². The molecule has 0 aromatic rings. The van der Waals surface area contributed by atoms with Crippen LogP contribution >= 0.6 is 0 Å². The molecule has 5 heteroatoms. The van der Waals surface area contributed by atoms with Crippen LogP contribution < -0.4 is 0 Å². The van der Waals surface area contributed by atoms with Crippen LogP contribution in [0.1, 0.15) is 33.6 Å². The van der Waals surface area contributed by atoms with Crippen molar-refractivity contribution in [1.29, 1.82) is 0 Å². The average Bonchev–Trinajstić information content (AvgIpc) is 2.26. The minimum atomic E-state index is -0.901. The first-order valence-electron chi connectivity index (χ1n) is 6.10. The smallest absolute Gasteiger partial charge is 0.326 e. The van der Waals surface area contributed by atoms with Crippen molar-refractivity contribution < 1.29 is 14.7 Å². The van der Waals surface area contributed by atoms with Gasteiger partial charge in [0.2, 0.25) is 0 Å². The largest absolute Gasteiger partial charge is 0.480 e. The summed E-state index contributed by atoms with van der Waals surface area (Å²) in [5.41, 5.74) is 0. The van der Waals surface area contributed by atoms with E-state index >= 15 is 0 Å². The zero-order chi connectivity index (χ0) is 13.2. The van der Waals surface area contributed by atoms with Crippen LogP contribution in [0.4, 0.5) is 4.79 Å². The molecule has 0 spiro atoms. The Hall–Kier alpha value is -1.26. The molecule has 0 saturated carbocycles. The number of nitrogens with zero attached hydrogens (tertiary/aromatic N) is 2. The summed E-state index contributed by atoms with van der Waals surface area (Å²) in [7, 11) is 1.71. The van der Waals surface area contributed by atoms with Gasteiger partial charge < -0.3 is 14.9 Å². The Morgan fingerprint density at radius 3 is 2.47 bits per heavy atom. The molecule has 0 aromatic carbocycles. The summed E-state index contributed by atoms with van der Waals surface area (Å²) in [6, 6.07) is -0.775. The Bertz CT molecular complexity index is 304. The van der Waals surface area contributed by atoms with Crippen LogP contribution in [-0.4, -0.2) is 52.6 Å². The van der Waals surface area contributed by atoms with Gasteiger partial charge in [0.15, 0.2) is 0 Å². The molecule has 0 aromatic heterocycles. The highest BCUT2D eigenvalue weighted by Gasteiger charge is 2.36. The lowest BCUT2D eigenvalue weighted by Crippen LogP contribution is -2.54. The van der Waals surface area contributed by atoms with Crippen molar-refractivity contribution in [2.75, 3.05) is 13.6 Å². The summed E-state index contributed by atoms with van der Waals surface area (Å²) in [5.74, 6) is -0.536. The van der Waals surface area contributed by atoms with Gasteiger partial charge in [-0.05, 0) is 32.6 Å². The van der Waals surface area contributed by atoms with Gasteiger partial charge in [-0.1, -0.05) is 6.92 Å². The van der Waals surface area contributed by atoms with Gasteiger partial charge in [-0.2, -0.15) is 0 Å². The molecule has 1 fully saturated rings. The molecular weight excluding hydrogens is 220 g/mol. The maximum atomic E-state index is 12.1. The molecular formula is C12H22N2O3. The first-order chi connectivity index (χ1) is 7.84. The quantitative estimate of drug-likeness (QED) is 0.800. The molecule has 1 rings (SSSR count). The third kappa shape index (κ3) is 3.11. The van der Waals surface area contributed by atoms with Crippen molar-refractivity contribution in [3.05, 3.63) is 0 Å². The standard InChI is InChI=1S/C12H22N2O3/c1-8(2)13(4)12(17)14-6-5-9(3)7-10(14)11(15)16/h8-10H,5-7H2,1-4H3,(H,15,16). The van der Waals surface area contributed by atoms with E-state index in [1.807, 2.05) is 20.8 Å². The van der Waals surface area contributed by atoms with Crippen LogP contribution in [0.15, 0.2) is 0 Å². The Balaban J connectivity index is 2.80. The second kappa shape index (κ2) is 5.38. The fourth-order valence-electron chi connectivity index (χ4n) is 2.03. The Kier molecular flexibility index (Phi) is 4.37. The summed E-state index contributed by atoms with van der Waals surface area (Å²) >= 11 is 0. The van der Waals surface area contributed by atoms with E-state index in [1.54, 1.807) is 11.9 Å². The predicted molar refractivity (Wildman–Crippen MR) is 64.8 cm³/mol. The Morgan fingerprint density at radius 1 is 1.41 bits per heavy atom. The second-order valence-corrected chi connectivity index (χ2v) is 5.16. The molecule has 0 bridgehead atoms. The van der Waals surface area contributed by atoms with Gasteiger partial charge in [0.1, 0.15) is 6.04 Å². The van der Waals surface area contributed by atoms with E-state index in [2.05, 4.69) is 0 Å². The summed E-state index contributed by atoms with van der Waals surface area (Å²) < 4.78 is 0. The van der Waals surface area contributed by atoms with Crippen molar-refractivity contribution >= 4 is 12.0 Å². The summed E-state index contributed by atoms with van der Waals surface area (Å²) in [5, 5.41) is 9.18. The number of carbonyl (C=O) groups excluding carboxylic acids is 1. The van der Waals surface area contributed by atoms with Crippen LogP contribution in [0.5, 0.6) is 0 Å². The lowest BCUT2D eigenvalue weighted by molar-refractivity contribution is -0.144. The predicted octanol–water partition coefficient (Wildman–Crippen LogP) is 1.63. The molecule has 1 N–H and O–H groups in total. The van der Waals surface area contributed by atoms with Gasteiger partial charge >= 0.3 is 12.0 Å². The molecule has 1 aliphatic rings. The zero-order valence-corrected chi connectivity index (χ0v) is 11.0. The number of urea groups is 1. The van der Waals surface area contributed by atoms with Crippen LogP contribution in [-0.2, 0) is 4.79 Å². The molecule has 17 heavy (non-hydrogen) atoms. The number of hydrogen-bond donors (Lipinski definition) is 1. The maximum absolute atomic E-state index is 12.1. The fraction of sp³-hybridized carbons (Fsp3) is 0.833. The highest BCUT2D eigenvalue weighted by molar-refractivity contribution is 5.83. The van der Waals surface area contributed by atoms with Gasteiger partial charge in [0, 0.05) is 19.6 Å². The van der Waals surface area contributed by atoms with E-state index in [-0.39, 0.29) is 12.1 Å². The molecule has 0 aliphatic carbocycles. The number of rotatable bonds is 2. The van der Waals surface area contributed by atoms with E-state index in [1.165, 1.54) is 4.90 Å². The van der Waals surface area contributed by atoms with E-state index < -0.39 is 12.0 Å². The van der Waals surface area contributed by atoms with Gasteiger partial charge in [0.25, 0.3) is 0 Å². The monoisotopic (exact) mass is 242 g/mol.